The van der Waals surface area contributed by atoms with E-state index >= 15 is 0 Å². The molecule has 2 heteroatoms. The second-order valence-electron chi connectivity index (χ2n) is 3.52. The van der Waals surface area contributed by atoms with Gasteiger partial charge in [-0.15, -0.1) is 0 Å². The summed E-state index contributed by atoms with van der Waals surface area (Å²) in [7, 11) is 0.452. The van der Waals surface area contributed by atoms with E-state index in [9.17, 15) is 0 Å². The molecule has 2 unspecified atom stereocenters. The molecule has 0 aromatic carbocycles. The van der Waals surface area contributed by atoms with Crippen molar-refractivity contribution in [3.8, 4) is 0 Å². The summed E-state index contributed by atoms with van der Waals surface area (Å²) in [6.07, 6.45) is 1.72. The minimum absolute atomic E-state index is 0.391. The van der Waals surface area contributed by atoms with Crippen LogP contribution in [0.15, 0.2) is 0 Å². The summed E-state index contributed by atoms with van der Waals surface area (Å²) < 4.78 is 5.55. The molecule has 0 N–H and O–H groups in total. The van der Waals surface area contributed by atoms with Gasteiger partial charge in [-0.25, -0.2) is 0 Å². The molecular formula is C9H18OS. The standard InChI is InChI=1S/C9H18OS/c1-8(2)10-6-9-4-5-11(3)7-9/h8-9H,3-7H2,1-2H3. The Balaban J connectivity index is 2.13. The van der Waals surface area contributed by atoms with Crippen LogP contribution in [0, 0.1) is 5.92 Å². The number of ether oxygens (including phenoxy) is 1. The van der Waals surface area contributed by atoms with E-state index in [-0.39, 0.29) is 0 Å². The Morgan fingerprint density at radius 2 is 2.36 bits per heavy atom. The SMILES string of the molecule is C=S1CCC(COC(C)C)C1. The molecule has 0 spiro atoms. The van der Waals surface area contributed by atoms with Crippen LogP contribution in [0.3, 0.4) is 0 Å². The first-order valence-electron chi connectivity index (χ1n) is 4.27. The molecule has 2 atom stereocenters. The zero-order chi connectivity index (χ0) is 8.27. The normalized spacial score (nSPS) is 31.5. The van der Waals surface area contributed by atoms with Crippen molar-refractivity contribution in [3.05, 3.63) is 0 Å². The van der Waals surface area contributed by atoms with Crippen LogP contribution in [0.5, 0.6) is 0 Å². The lowest BCUT2D eigenvalue weighted by Crippen LogP contribution is -2.12. The van der Waals surface area contributed by atoms with Gasteiger partial charge in [0.25, 0.3) is 0 Å². The van der Waals surface area contributed by atoms with Crippen LogP contribution >= 0.6 is 10.5 Å². The molecule has 1 rings (SSSR count). The average Bonchev–Trinajstić information content (AvgIpc) is 2.31. The Hall–Kier alpha value is 0.180. The van der Waals surface area contributed by atoms with E-state index in [0.29, 0.717) is 16.6 Å². The smallest absolute Gasteiger partial charge is 0.0519 e. The van der Waals surface area contributed by atoms with Crippen LogP contribution in [0.25, 0.3) is 0 Å². The maximum atomic E-state index is 5.55. The molecule has 1 heterocycles. The van der Waals surface area contributed by atoms with Gasteiger partial charge in [-0.3, -0.25) is 0 Å². The van der Waals surface area contributed by atoms with E-state index in [4.69, 9.17) is 4.74 Å². The van der Waals surface area contributed by atoms with Gasteiger partial charge < -0.3 is 4.74 Å². The van der Waals surface area contributed by atoms with Gasteiger partial charge >= 0.3 is 0 Å². The molecule has 66 valence electrons. The van der Waals surface area contributed by atoms with Crippen molar-refractivity contribution in [2.24, 2.45) is 5.92 Å². The molecule has 0 aromatic heterocycles. The fourth-order valence-electron chi connectivity index (χ4n) is 1.29. The van der Waals surface area contributed by atoms with E-state index < -0.39 is 0 Å². The van der Waals surface area contributed by atoms with Gasteiger partial charge in [0.15, 0.2) is 0 Å². The Bertz CT molecular complexity index is 142. The second-order valence-corrected chi connectivity index (χ2v) is 5.49. The van der Waals surface area contributed by atoms with Crippen LogP contribution in [0.1, 0.15) is 20.3 Å². The Labute approximate surface area is 72.1 Å². The summed E-state index contributed by atoms with van der Waals surface area (Å²) in [5, 5.41) is 0. The molecule has 0 aromatic rings. The number of hydrogen-bond acceptors (Lipinski definition) is 1. The third-order valence-electron chi connectivity index (χ3n) is 1.95. The maximum absolute atomic E-state index is 5.55. The van der Waals surface area contributed by atoms with Crippen LogP contribution < -0.4 is 0 Å². The van der Waals surface area contributed by atoms with Gasteiger partial charge in [-0.2, -0.15) is 10.5 Å². The van der Waals surface area contributed by atoms with Crippen molar-refractivity contribution in [1.82, 2.24) is 0 Å². The van der Waals surface area contributed by atoms with Crippen molar-refractivity contribution in [2.45, 2.75) is 26.4 Å². The highest BCUT2D eigenvalue weighted by Gasteiger charge is 2.17. The minimum atomic E-state index is 0.391. The molecule has 1 nitrogen and oxygen atoms in total. The zero-order valence-corrected chi connectivity index (χ0v) is 8.32. The van der Waals surface area contributed by atoms with E-state index in [2.05, 4.69) is 19.7 Å². The lowest BCUT2D eigenvalue weighted by atomic mass is 10.1. The largest absolute Gasteiger partial charge is 0.378 e. The molecular weight excluding hydrogens is 156 g/mol. The van der Waals surface area contributed by atoms with Crippen molar-refractivity contribution >= 4 is 16.4 Å². The van der Waals surface area contributed by atoms with Crippen molar-refractivity contribution in [2.75, 3.05) is 18.1 Å². The lowest BCUT2D eigenvalue weighted by Gasteiger charge is -2.11. The molecule has 1 aliphatic heterocycles. The van der Waals surface area contributed by atoms with Gasteiger partial charge in [-0.1, -0.05) is 5.87 Å². The molecule has 0 amide bonds. The van der Waals surface area contributed by atoms with Crippen LogP contribution in [0.2, 0.25) is 0 Å². The highest BCUT2D eigenvalue weighted by molar-refractivity contribution is 8.14. The lowest BCUT2D eigenvalue weighted by molar-refractivity contribution is 0.0570. The van der Waals surface area contributed by atoms with E-state index in [0.717, 1.165) is 12.5 Å². The fraction of sp³-hybridized carbons (Fsp3) is 0.889. The first kappa shape index (κ1) is 9.27. The van der Waals surface area contributed by atoms with Crippen molar-refractivity contribution in [3.63, 3.8) is 0 Å². The Morgan fingerprint density at radius 3 is 2.82 bits per heavy atom. The molecule has 0 bridgehead atoms. The minimum Gasteiger partial charge on any atom is -0.378 e. The summed E-state index contributed by atoms with van der Waals surface area (Å²) in [6.45, 7) is 5.15. The summed E-state index contributed by atoms with van der Waals surface area (Å²) in [6, 6.07) is 0. The highest BCUT2D eigenvalue weighted by atomic mass is 32.2. The Kier molecular flexibility index (Phi) is 3.60. The predicted molar refractivity (Wildman–Crippen MR) is 53.6 cm³/mol. The van der Waals surface area contributed by atoms with Gasteiger partial charge in [0.05, 0.1) is 12.7 Å². The van der Waals surface area contributed by atoms with E-state index in [1.165, 1.54) is 17.9 Å². The van der Waals surface area contributed by atoms with Gasteiger partial charge in [-0.05, 0) is 37.7 Å². The van der Waals surface area contributed by atoms with Crippen LogP contribution in [0.4, 0.5) is 0 Å². The highest BCUT2D eigenvalue weighted by Crippen LogP contribution is 2.28. The van der Waals surface area contributed by atoms with Gasteiger partial charge in [0.1, 0.15) is 0 Å². The predicted octanol–water partition coefficient (Wildman–Crippen LogP) is 2.13. The third kappa shape index (κ3) is 3.39. The summed E-state index contributed by atoms with van der Waals surface area (Å²) in [5.41, 5.74) is 0. The molecule has 1 fully saturated rings. The first-order valence-corrected chi connectivity index (χ1v) is 6.00. The molecule has 0 aliphatic carbocycles. The number of rotatable bonds is 3. The second kappa shape index (κ2) is 4.27. The van der Waals surface area contributed by atoms with E-state index in [1.54, 1.807) is 0 Å². The zero-order valence-electron chi connectivity index (χ0n) is 7.51. The fourth-order valence-corrected chi connectivity index (χ4v) is 3.06. The molecule has 11 heavy (non-hydrogen) atoms. The van der Waals surface area contributed by atoms with Crippen molar-refractivity contribution in [1.29, 1.82) is 0 Å². The molecule has 0 radical (unpaired) electrons. The quantitative estimate of drug-likeness (QED) is 0.596. The van der Waals surface area contributed by atoms with Crippen LogP contribution in [-0.2, 0) is 4.74 Å². The van der Waals surface area contributed by atoms with Gasteiger partial charge in [0, 0.05) is 0 Å². The number of hydrogen-bond donors (Lipinski definition) is 0. The average molecular weight is 174 g/mol. The monoisotopic (exact) mass is 174 g/mol. The third-order valence-corrected chi connectivity index (χ3v) is 3.71. The van der Waals surface area contributed by atoms with Gasteiger partial charge in [0.2, 0.25) is 0 Å². The molecule has 1 saturated heterocycles. The maximum Gasteiger partial charge on any atom is 0.0519 e. The van der Waals surface area contributed by atoms with Crippen LogP contribution in [-0.4, -0.2) is 30.1 Å². The summed E-state index contributed by atoms with van der Waals surface area (Å²) in [4.78, 5) is 0. The Morgan fingerprint density at radius 1 is 1.64 bits per heavy atom. The molecule has 1 aliphatic rings. The summed E-state index contributed by atoms with van der Waals surface area (Å²) >= 11 is 0. The molecule has 0 saturated carbocycles. The topological polar surface area (TPSA) is 9.23 Å². The van der Waals surface area contributed by atoms with Crippen molar-refractivity contribution < 1.29 is 4.74 Å². The summed E-state index contributed by atoms with van der Waals surface area (Å²) in [5.74, 6) is 7.51. The first-order chi connectivity index (χ1) is 5.18. The van der Waals surface area contributed by atoms with E-state index in [1.807, 2.05) is 0 Å².